The van der Waals surface area contributed by atoms with Gasteiger partial charge in [0.15, 0.2) is 0 Å². The first-order valence-electron chi connectivity index (χ1n) is 5.65. The van der Waals surface area contributed by atoms with Gasteiger partial charge in [0.1, 0.15) is 24.0 Å². The normalized spacial score (nSPS) is 10.5. The van der Waals surface area contributed by atoms with Crippen LogP contribution in [0.25, 0.3) is 0 Å². The van der Waals surface area contributed by atoms with Gasteiger partial charge in [0.05, 0.1) is 4.47 Å². The maximum absolute atomic E-state index is 13.4. The minimum atomic E-state index is -0.490. The summed E-state index contributed by atoms with van der Waals surface area (Å²) in [5, 5.41) is 0. The van der Waals surface area contributed by atoms with Gasteiger partial charge in [-0.15, -0.1) is 0 Å². The number of nitrogens with two attached hydrogens (primary N) is 1. The molecule has 2 nitrogen and oxygen atoms in total. The molecular weight excluding hydrogens is 316 g/mol. The fraction of sp³-hybridized carbons (Fsp3) is 0.143. The molecule has 0 aromatic heterocycles. The van der Waals surface area contributed by atoms with Gasteiger partial charge < -0.3 is 10.5 Å². The zero-order valence-electron chi connectivity index (χ0n) is 10.00. The highest BCUT2D eigenvalue weighted by Gasteiger charge is 2.07. The molecule has 2 N–H and O–H groups in total. The SMILES string of the molecule is NCc1ccc(OCc2cc(F)ccc2F)c(Br)c1. The van der Waals surface area contributed by atoms with Crippen molar-refractivity contribution < 1.29 is 13.5 Å². The van der Waals surface area contributed by atoms with Crippen LogP contribution in [0.4, 0.5) is 8.78 Å². The summed E-state index contributed by atoms with van der Waals surface area (Å²) in [6, 6.07) is 8.67. The molecule has 0 unspecified atom stereocenters. The van der Waals surface area contributed by atoms with Gasteiger partial charge in [-0.2, -0.15) is 0 Å². The van der Waals surface area contributed by atoms with E-state index in [2.05, 4.69) is 15.9 Å². The molecule has 0 aliphatic carbocycles. The van der Waals surface area contributed by atoms with E-state index in [-0.39, 0.29) is 12.2 Å². The molecule has 0 spiro atoms. The monoisotopic (exact) mass is 327 g/mol. The largest absolute Gasteiger partial charge is 0.488 e. The Morgan fingerprint density at radius 2 is 1.89 bits per heavy atom. The molecule has 0 saturated carbocycles. The van der Waals surface area contributed by atoms with E-state index >= 15 is 0 Å². The highest BCUT2D eigenvalue weighted by molar-refractivity contribution is 9.10. The molecule has 0 saturated heterocycles. The maximum atomic E-state index is 13.4. The van der Waals surface area contributed by atoms with Gasteiger partial charge in [-0.3, -0.25) is 0 Å². The van der Waals surface area contributed by atoms with Crippen molar-refractivity contribution in [2.45, 2.75) is 13.2 Å². The molecule has 19 heavy (non-hydrogen) atoms. The van der Waals surface area contributed by atoms with Crippen molar-refractivity contribution in [3.05, 3.63) is 63.6 Å². The van der Waals surface area contributed by atoms with Gasteiger partial charge in [0.25, 0.3) is 0 Å². The highest BCUT2D eigenvalue weighted by atomic mass is 79.9. The molecule has 0 fully saturated rings. The van der Waals surface area contributed by atoms with E-state index in [0.29, 0.717) is 12.3 Å². The summed E-state index contributed by atoms with van der Waals surface area (Å²) in [7, 11) is 0. The van der Waals surface area contributed by atoms with Crippen LogP contribution in [0.5, 0.6) is 5.75 Å². The fourth-order valence-corrected chi connectivity index (χ4v) is 2.14. The van der Waals surface area contributed by atoms with Crippen molar-refractivity contribution in [1.82, 2.24) is 0 Å². The van der Waals surface area contributed by atoms with E-state index in [1.807, 2.05) is 12.1 Å². The van der Waals surface area contributed by atoms with Crippen molar-refractivity contribution in [3.63, 3.8) is 0 Å². The Bertz CT molecular complexity index is 590. The third-order valence-corrected chi connectivity index (χ3v) is 3.24. The molecule has 2 aromatic carbocycles. The maximum Gasteiger partial charge on any atom is 0.134 e. The summed E-state index contributed by atoms with van der Waals surface area (Å²) >= 11 is 3.35. The van der Waals surface area contributed by atoms with Crippen molar-refractivity contribution in [3.8, 4) is 5.75 Å². The summed E-state index contributed by atoms with van der Waals surface area (Å²) in [6.07, 6.45) is 0. The third-order valence-electron chi connectivity index (χ3n) is 2.62. The minimum absolute atomic E-state index is 0.0375. The van der Waals surface area contributed by atoms with Crippen LogP contribution in [0.3, 0.4) is 0 Å². The van der Waals surface area contributed by atoms with E-state index in [0.717, 1.165) is 28.2 Å². The van der Waals surface area contributed by atoms with Gasteiger partial charge in [-0.05, 0) is 51.8 Å². The van der Waals surface area contributed by atoms with Crippen LogP contribution >= 0.6 is 15.9 Å². The molecule has 5 heteroatoms. The number of rotatable bonds is 4. The third kappa shape index (κ3) is 3.52. The molecule has 0 amide bonds. The molecule has 2 aromatic rings. The van der Waals surface area contributed by atoms with E-state index in [9.17, 15) is 8.78 Å². The van der Waals surface area contributed by atoms with Gasteiger partial charge >= 0.3 is 0 Å². The number of benzene rings is 2. The van der Waals surface area contributed by atoms with Gasteiger partial charge in [-0.1, -0.05) is 6.07 Å². The Hall–Kier alpha value is -1.46. The smallest absolute Gasteiger partial charge is 0.134 e. The average molecular weight is 328 g/mol. The summed E-state index contributed by atoms with van der Waals surface area (Å²) < 4.78 is 32.6. The topological polar surface area (TPSA) is 35.2 Å². The summed E-state index contributed by atoms with van der Waals surface area (Å²) in [5.41, 5.74) is 6.65. The lowest BCUT2D eigenvalue weighted by Gasteiger charge is -2.10. The Labute approximate surface area is 118 Å². The summed E-state index contributed by atoms with van der Waals surface area (Å²) in [4.78, 5) is 0. The Balaban J connectivity index is 2.12. The van der Waals surface area contributed by atoms with Crippen molar-refractivity contribution in [1.29, 1.82) is 0 Å². The molecule has 0 aliphatic rings. The summed E-state index contributed by atoms with van der Waals surface area (Å²) in [6.45, 7) is 0.390. The molecule has 0 heterocycles. The number of ether oxygens (including phenoxy) is 1. The molecule has 0 radical (unpaired) electrons. The first kappa shape index (κ1) is 14.0. The van der Waals surface area contributed by atoms with Crippen LogP contribution in [0.15, 0.2) is 40.9 Å². The van der Waals surface area contributed by atoms with Crippen LogP contribution in [0.1, 0.15) is 11.1 Å². The molecular formula is C14H12BrF2NO. The second kappa shape index (κ2) is 6.12. The standard InChI is InChI=1S/C14H12BrF2NO/c15-12-5-9(7-18)1-4-14(12)19-8-10-6-11(16)2-3-13(10)17/h1-6H,7-8,18H2. The Morgan fingerprint density at radius 3 is 2.58 bits per heavy atom. The first-order chi connectivity index (χ1) is 9.10. The lowest BCUT2D eigenvalue weighted by Crippen LogP contribution is -2.01. The quantitative estimate of drug-likeness (QED) is 0.927. The second-order valence-electron chi connectivity index (χ2n) is 3.99. The van der Waals surface area contributed by atoms with E-state index < -0.39 is 11.6 Å². The van der Waals surface area contributed by atoms with Gasteiger partial charge in [0.2, 0.25) is 0 Å². The van der Waals surface area contributed by atoms with E-state index in [1.54, 1.807) is 6.07 Å². The van der Waals surface area contributed by atoms with Gasteiger partial charge in [0, 0.05) is 12.1 Å². The Morgan fingerprint density at radius 1 is 1.11 bits per heavy atom. The molecule has 0 aliphatic heterocycles. The average Bonchev–Trinajstić information content (AvgIpc) is 2.40. The molecule has 100 valence electrons. The number of hydrogen-bond donors (Lipinski definition) is 1. The van der Waals surface area contributed by atoms with Crippen molar-refractivity contribution in [2.24, 2.45) is 5.73 Å². The van der Waals surface area contributed by atoms with Crippen LogP contribution in [-0.2, 0) is 13.2 Å². The lowest BCUT2D eigenvalue weighted by molar-refractivity contribution is 0.297. The molecule has 0 bridgehead atoms. The molecule has 0 atom stereocenters. The van der Waals surface area contributed by atoms with Crippen molar-refractivity contribution >= 4 is 15.9 Å². The highest BCUT2D eigenvalue weighted by Crippen LogP contribution is 2.27. The van der Waals surface area contributed by atoms with Crippen LogP contribution in [0.2, 0.25) is 0 Å². The minimum Gasteiger partial charge on any atom is -0.488 e. The zero-order valence-corrected chi connectivity index (χ0v) is 11.6. The van der Waals surface area contributed by atoms with Crippen LogP contribution in [-0.4, -0.2) is 0 Å². The van der Waals surface area contributed by atoms with E-state index in [4.69, 9.17) is 10.5 Å². The van der Waals surface area contributed by atoms with Gasteiger partial charge in [-0.25, -0.2) is 8.78 Å². The first-order valence-corrected chi connectivity index (χ1v) is 6.44. The number of hydrogen-bond acceptors (Lipinski definition) is 2. The zero-order chi connectivity index (χ0) is 13.8. The van der Waals surface area contributed by atoms with Crippen LogP contribution < -0.4 is 10.5 Å². The fourth-order valence-electron chi connectivity index (χ4n) is 1.60. The van der Waals surface area contributed by atoms with Crippen molar-refractivity contribution in [2.75, 3.05) is 0 Å². The number of halogens is 3. The Kier molecular flexibility index (Phi) is 4.50. The molecule has 2 rings (SSSR count). The van der Waals surface area contributed by atoms with Crippen LogP contribution in [0, 0.1) is 11.6 Å². The lowest BCUT2D eigenvalue weighted by atomic mass is 10.2. The predicted molar refractivity (Wildman–Crippen MR) is 72.7 cm³/mol. The predicted octanol–water partition coefficient (Wildman–Crippen LogP) is 3.77. The summed E-state index contributed by atoms with van der Waals surface area (Å²) in [5.74, 6) is -0.422. The second-order valence-corrected chi connectivity index (χ2v) is 4.85. The van der Waals surface area contributed by atoms with E-state index in [1.165, 1.54) is 0 Å².